The number of benzene rings is 1. The van der Waals surface area contributed by atoms with E-state index in [4.69, 9.17) is 0 Å². The van der Waals surface area contributed by atoms with Crippen molar-refractivity contribution in [2.24, 2.45) is 0 Å². The van der Waals surface area contributed by atoms with E-state index in [1.165, 1.54) is 18.2 Å². The number of rotatable bonds is 7. The standard InChI is InChI=1S/C14H23FN2O/c1-4-7-17(9-8-16(2)3)11-12-10-13(15)5-6-14(12)18/h5-6,10,18H,4,7-9,11H2,1-3H3. The molecule has 0 atom stereocenters. The number of hydrogen-bond donors (Lipinski definition) is 1. The van der Waals surface area contributed by atoms with E-state index < -0.39 is 0 Å². The van der Waals surface area contributed by atoms with E-state index in [0.29, 0.717) is 12.1 Å². The van der Waals surface area contributed by atoms with E-state index in [9.17, 15) is 9.50 Å². The summed E-state index contributed by atoms with van der Waals surface area (Å²) >= 11 is 0. The number of phenols is 1. The topological polar surface area (TPSA) is 26.7 Å². The number of likely N-dealkylation sites (N-methyl/N-ethyl adjacent to an activating group) is 1. The van der Waals surface area contributed by atoms with Crippen LogP contribution in [0.5, 0.6) is 5.75 Å². The molecule has 0 saturated carbocycles. The fourth-order valence-electron chi connectivity index (χ4n) is 1.85. The Labute approximate surface area is 109 Å². The van der Waals surface area contributed by atoms with Crippen LogP contribution in [0.3, 0.4) is 0 Å². The van der Waals surface area contributed by atoms with Gasteiger partial charge in [0.2, 0.25) is 0 Å². The summed E-state index contributed by atoms with van der Waals surface area (Å²) in [6, 6.07) is 4.11. The molecule has 1 N–H and O–H groups in total. The van der Waals surface area contributed by atoms with Gasteiger partial charge in [-0.05, 0) is 45.3 Å². The molecule has 0 saturated heterocycles. The van der Waals surface area contributed by atoms with Gasteiger partial charge in [-0.15, -0.1) is 0 Å². The zero-order valence-electron chi connectivity index (χ0n) is 11.5. The Balaban J connectivity index is 2.66. The van der Waals surface area contributed by atoms with E-state index >= 15 is 0 Å². The fraction of sp³-hybridized carbons (Fsp3) is 0.571. The second-order valence-corrected chi connectivity index (χ2v) is 4.85. The Kier molecular flexibility index (Phi) is 6.09. The minimum Gasteiger partial charge on any atom is -0.508 e. The predicted octanol–water partition coefficient (Wildman–Crippen LogP) is 2.30. The summed E-state index contributed by atoms with van der Waals surface area (Å²) in [6.07, 6.45) is 1.05. The maximum absolute atomic E-state index is 13.2. The third-order valence-electron chi connectivity index (χ3n) is 2.84. The molecule has 0 aliphatic carbocycles. The molecular weight excluding hydrogens is 231 g/mol. The smallest absolute Gasteiger partial charge is 0.123 e. The molecule has 0 amide bonds. The van der Waals surface area contributed by atoms with E-state index in [0.717, 1.165) is 26.1 Å². The summed E-state index contributed by atoms with van der Waals surface area (Å²) in [5.41, 5.74) is 0.655. The molecule has 18 heavy (non-hydrogen) atoms. The summed E-state index contributed by atoms with van der Waals surface area (Å²) in [5.74, 6) is -0.130. The minimum atomic E-state index is -0.299. The Hall–Kier alpha value is -1.13. The summed E-state index contributed by atoms with van der Waals surface area (Å²) in [6.45, 7) is 5.52. The second kappa shape index (κ2) is 7.34. The number of halogens is 1. The first-order valence-electron chi connectivity index (χ1n) is 6.37. The first-order valence-corrected chi connectivity index (χ1v) is 6.37. The van der Waals surface area contributed by atoms with Crippen LogP contribution in [-0.2, 0) is 6.54 Å². The highest BCUT2D eigenvalue weighted by atomic mass is 19.1. The maximum atomic E-state index is 13.2. The third kappa shape index (κ3) is 5.02. The molecule has 0 aliphatic heterocycles. The molecule has 102 valence electrons. The fourth-order valence-corrected chi connectivity index (χ4v) is 1.85. The van der Waals surface area contributed by atoms with Gasteiger partial charge in [0.15, 0.2) is 0 Å². The Morgan fingerprint density at radius 3 is 2.50 bits per heavy atom. The molecule has 0 heterocycles. The van der Waals surface area contributed by atoms with Crippen LogP contribution in [0, 0.1) is 5.82 Å². The maximum Gasteiger partial charge on any atom is 0.123 e. The zero-order chi connectivity index (χ0) is 13.5. The molecule has 1 aromatic rings. The van der Waals surface area contributed by atoms with Crippen LogP contribution >= 0.6 is 0 Å². The predicted molar refractivity (Wildman–Crippen MR) is 72.2 cm³/mol. The van der Waals surface area contributed by atoms with Gasteiger partial charge in [0.1, 0.15) is 11.6 Å². The van der Waals surface area contributed by atoms with Crippen LogP contribution in [0.1, 0.15) is 18.9 Å². The van der Waals surface area contributed by atoms with Gasteiger partial charge in [-0.1, -0.05) is 6.92 Å². The van der Waals surface area contributed by atoms with Gasteiger partial charge in [0.05, 0.1) is 0 Å². The van der Waals surface area contributed by atoms with Crippen LogP contribution in [0.2, 0.25) is 0 Å². The lowest BCUT2D eigenvalue weighted by atomic mass is 10.1. The van der Waals surface area contributed by atoms with Crippen molar-refractivity contribution in [3.63, 3.8) is 0 Å². The van der Waals surface area contributed by atoms with Crippen molar-refractivity contribution in [1.82, 2.24) is 9.80 Å². The van der Waals surface area contributed by atoms with Gasteiger partial charge in [-0.25, -0.2) is 4.39 Å². The highest BCUT2D eigenvalue weighted by Crippen LogP contribution is 2.19. The van der Waals surface area contributed by atoms with Gasteiger partial charge in [0.25, 0.3) is 0 Å². The van der Waals surface area contributed by atoms with E-state index in [1.807, 2.05) is 14.1 Å². The van der Waals surface area contributed by atoms with Crippen molar-refractivity contribution in [1.29, 1.82) is 0 Å². The lowest BCUT2D eigenvalue weighted by Gasteiger charge is -2.24. The molecular formula is C14H23FN2O. The first kappa shape index (κ1) is 14.9. The molecule has 0 aromatic heterocycles. The molecule has 0 spiro atoms. The molecule has 0 bridgehead atoms. The summed E-state index contributed by atoms with van der Waals surface area (Å²) in [5, 5.41) is 9.73. The number of nitrogens with zero attached hydrogens (tertiary/aromatic N) is 2. The summed E-state index contributed by atoms with van der Waals surface area (Å²) in [4.78, 5) is 4.35. The van der Waals surface area contributed by atoms with E-state index in [1.54, 1.807) is 0 Å². The second-order valence-electron chi connectivity index (χ2n) is 4.85. The average Bonchev–Trinajstić information content (AvgIpc) is 2.31. The minimum absolute atomic E-state index is 0.169. The SMILES string of the molecule is CCCN(CCN(C)C)Cc1cc(F)ccc1O. The molecule has 0 unspecified atom stereocenters. The monoisotopic (exact) mass is 254 g/mol. The lowest BCUT2D eigenvalue weighted by Crippen LogP contribution is -2.32. The van der Waals surface area contributed by atoms with Crippen molar-refractivity contribution in [3.8, 4) is 5.75 Å². The first-order chi connectivity index (χ1) is 8.52. The molecule has 1 rings (SSSR count). The van der Waals surface area contributed by atoms with Crippen LogP contribution in [0.4, 0.5) is 4.39 Å². The van der Waals surface area contributed by atoms with Gasteiger partial charge in [-0.3, -0.25) is 4.90 Å². The number of phenolic OH excluding ortho intramolecular Hbond substituents is 1. The molecule has 1 aromatic carbocycles. The van der Waals surface area contributed by atoms with E-state index in [2.05, 4.69) is 16.7 Å². The van der Waals surface area contributed by atoms with Crippen LogP contribution in [-0.4, -0.2) is 48.6 Å². The molecule has 0 aliphatic rings. The normalized spacial score (nSPS) is 11.4. The van der Waals surface area contributed by atoms with Crippen LogP contribution < -0.4 is 0 Å². The van der Waals surface area contributed by atoms with Crippen molar-refractivity contribution in [2.45, 2.75) is 19.9 Å². The summed E-state index contributed by atoms with van der Waals surface area (Å²) < 4.78 is 13.2. The Bertz CT molecular complexity index is 369. The van der Waals surface area contributed by atoms with Crippen molar-refractivity contribution in [2.75, 3.05) is 33.7 Å². The average molecular weight is 254 g/mol. The number of aromatic hydroxyl groups is 1. The highest BCUT2D eigenvalue weighted by molar-refractivity contribution is 5.32. The zero-order valence-corrected chi connectivity index (χ0v) is 11.5. The molecule has 3 nitrogen and oxygen atoms in total. The van der Waals surface area contributed by atoms with Gasteiger partial charge >= 0.3 is 0 Å². The van der Waals surface area contributed by atoms with Gasteiger partial charge in [-0.2, -0.15) is 0 Å². The summed E-state index contributed by atoms with van der Waals surface area (Å²) in [7, 11) is 4.06. The lowest BCUT2D eigenvalue weighted by molar-refractivity contribution is 0.231. The highest BCUT2D eigenvalue weighted by Gasteiger charge is 2.09. The van der Waals surface area contributed by atoms with Crippen LogP contribution in [0.25, 0.3) is 0 Å². The van der Waals surface area contributed by atoms with E-state index in [-0.39, 0.29) is 11.6 Å². The largest absolute Gasteiger partial charge is 0.508 e. The van der Waals surface area contributed by atoms with Crippen LogP contribution in [0.15, 0.2) is 18.2 Å². The van der Waals surface area contributed by atoms with Crippen molar-refractivity contribution < 1.29 is 9.50 Å². The Morgan fingerprint density at radius 2 is 1.89 bits per heavy atom. The van der Waals surface area contributed by atoms with Gasteiger partial charge in [0, 0.05) is 25.2 Å². The third-order valence-corrected chi connectivity index (χ3v) is 2.84. The quantitative estimate of drug-likeness (QED) is 0.809. The molecule has 0 fully saturated rings. The van der Waals surface area contributed by atoms with Crippen molar-refractivity contribution >= 4 is 0 Å². The van der Waals surface area contributed by atoms with Crippen molar-refractivity contribution in [3.05, 3.63) is 29.6 Å². The molecule has 0 radical (unpaired) electrons. The molecule has 4 heteroatoms. The Morgan fingerprint density at radius 1 is 1.17 bits per heavy atom. The van der Waals surface area contributed by atoms with Gasteiger partial charge < -0.3 is 10.0 Å². The number of hydrogen-bond acceptors (Lipinski definition) is 3.